The summed E-state index contributed by atoms with van der Waals surface area (Å²) in [4.78, 5) is 39.3. The van der Waals surface area contributed by atoms with E-state index in [2.05, 4.69) is 22.5 Å². The van der Waals surface area contributed by atoms with Crippen LogP contribution in [-0.2, 0) is 9.53 Å². The first kappa shape index (κ1) is 20.4. The predicted octanol–water partition coefficient (Wildman–Crippen LogP) is 2.26. The molecule has 0 aromatic carbocycles. The topological polar surface area (TPSA) is 87.7 Å². The van der Waals surface area contributed by atoms with E-state index in [4.69, 9.17) is 4.74 Å². The van der Waals surface area contributed by atoms with Gasteiger partial charge < -0.3 is 15.4 Å². The van der Waals surface area contributed by atoms with E-state index in [1.165, 1.54) is 7.05 Å². The third-order valence-corrected chi connectivity index (χ3v) is 5.76. The average molecular weight is 381 g/mol. The molecule has 0 unspecified atom stereocenters. The van der Waals surface area contributed by atoms with Crippen LogP contribution in [0, 0.1) is 12.8 Å². The van der Waals surface area contributed by atoms with Crippen LogP contribution in [-0.4, -0.2) is 56.0 Å². The van der Waals surface area contributed by atoms with Crippen molar-refractivity contribution in [1.82, 2.24) is 10.2 Å². The number of hydrogen-bond acceptors (Lipinski definition) is 6. The summed E-state index contributed by atoms with van der Waals surface area (Å²) in [5, 5.41) is 5.73. The van der Waals surface area contributed by atoms with Crippen LogP contribution in [0.4, 0.5) is 5.00 Å². The van der Waals surface area contributed by atoms with E-state index in [-0.39, 0.29) is 30.5 Å². The Kier molecular flexibility index (Phi) is 7.16. The third kappa shape index (κ3) is 4.82. The number of hydrogen-bond donors (Lipinski definition) is 2. The summed E-state index contributed by atoms with van der Waals surface area (Å²) >= 11 is 1.10. The largest absolute Gasteiger partial charge is 0.462 e. The van der Waals surface area contributed by atoms with Crippen molar-refractivity contribution >= 4 is 34.1 Å². The van der Waals surface area contributed by atoms with Crippen LogP contribution in [0.1, 0.15) is 52.3 Å². The van der Waals surface area contributed by atoms with Gasteiger partial charge in [0, 0.05) is 7.05 Å². The lowest BCUT2D eigenvalue weighted by Gasteiger charge is -2.29. The number of nitrogens with zero attached hydrogens (tertiary/aromatic N) is 1. The number of rotatable bonds is 6. The molecule has 8 heteroatoms. The number of carbonyl (C=O) groups is 3. The maximum Gasteiger partial charge on any atom is 0.341 e. The summed E-state index contributed by atoms with van der Waals surface area (Å²) in [5.41, 5.74) is 0.783. The first-order valence-corrected chi connectivity index (χ1v) is 9.73. The highest BCUT2D eigenvalue weighted by Gasteiger charge is 2.27. The Morgan fingerprint density at radius 3 is 2.50 bits per heavy atom. The molecule has 1 aliphatic rings. The monoisotopic (exact) mass is 381 g/mol. The van der Waals surface area contributed by atoms with Crippen LogP contribution in [0.2, 0.25) is 0 Å². The molecule has 144 valence electrons. The van der Waals surface area contributed by atoms with E-state index in [0.717, 1.165) is 37.3 Å². The second-order valence-electron chi connectivity index (χ2n) is 6.57. The van der Waals surface area contributed by atoms with Gasteiger partial charge >= 0.3 is 5.97 Å². The molecule has 2 N–H and O–H groups in total. The summed E-state index contributed by atoms with van der Waals surface area (Å²) in [6.45, 7) is 7.92. The zero-order valence-electron chi connectivity index (χ0n) is 15.8. The van der Waals surface area contributed by atoms with Gasteiger partial charge in [-0.15, -0.1) is 11.3 Å². The van der Waals surface area contributed by atoms with Crippen LogP contribution in [0.25, 0.3) is 0 Å². The van der Waals surface area contributed by atoms with Crippen LogP contribution in [0.5, 0.6) is 0 Å². The molecule has 1 aromatic rings. The van der Waals surface area contributed by atoms with Crippen molar-refractivity contribution < 1.29 is 19.1 Å². The van der Waals surface area contributed by atoms with Gasteiger partial charge in [0.1, 0.15) is 5.00 Å². The van der Waals surface area contributed by atoms with E-state index in [1.807, 2.05) is 0 Å². The molecule has 1 fully saturated rings. The Morgan fingerprint density at radius 1 is 1.27 bits per heavy atom. The van der Waals surface area contributed by atoms with Crippen LogP contribution >= 0.6 is 11.3 Å². The lowest BCUT2D eigenvalue weighted by molar-refractivity contribution is -0.117. The number of likely N-dealkylation sites (tertiary alicyclic amines) is 1. The lowest BCUT2D eigenvalue weighted by atomic mass is 9.99. The van der Waals surface area contributed by atoms with Crippen LogP contribution in [0.3, 0.4) is 0 Å². The normalized spacial score (nSPS) is 15.5. The maximum absolute atomic E-state index is 12.5. The Balaban J connectivity index is 2.17. The molecule has 2 amide bonds. The Hall–Kier alpha value is -1.93. The van der Waals surface area contributed by atoms with E-state index in [0.29, 0.717) is 21.4 Å². The molecule has 1 aromatic heterocycles. The smallest absolute Gasteiger partial charge is 0.341 e. The predicted molar refractivity (Wildman–Crippen MR) is 102 cm³/mol. The van der Waals surface area contributed by atoms with Gasteiger partial charge in [-0.1, -0.05) is 6.92 Å². The molecule has 1 aliphatic heterocycles. The molecule has 0 aliphatic carbocycles. The molecule has 0 radical (unpaired) electrons. The zero-order valence-corrected chi connectivity index (χ0v) is 16.6. The lowest BCUT2D eigenvalue weighted by Crippen LogP contribution is -2.38. The van der Waals surface area contributed by atoms with Crippen molar-refractivity contribution in [2.45, 2.75) is 33.6 Å². The molecule has 26 heavy (non-hydrogen) atoms. The number of carbonyl (C=O) groups excluding carboxylic acids is 3. The molecule has 1 saturated heterocycles. The molecule has 2 rings (SSSR count). The number of nitrogens with one attached hydrogen (secondary N) is 2. The van der Waals surface area contributed by atoms with E-state index in [1.54, 1.807) is 13.8 Å². The number of ether oxygens (including phenoxy) is 1. The zero-order chi connectivity index (χ0) is 19.3. The highest BCUT2D eigenvalue weighted by Crippen LogP contribution is 2.33. The van der Waals surface area contributed by atoms with Crippen molar-refractivity contribution in [3.05, 3.63) is 16.0 Å². The first-order valence-electron chi connectivity index (χ1n) is 8.92. The van der Waals surface area contributed by atoms with Gasteiger partial charge in [-0.2, -0.15) is 0 Å². The summed E-state index contributed by atoms with van der Waals surface area (Å²) in [5.74, 6) is -0.309. The van der Waals surface area contributed by atoms with E-state index < -0.39 is 5.97 Å². The maximum atomic E-state index is 12.5. The van der Waals surface area contributed by atoms with Crippen molar-refractivity contribution in [3.63, 3.8) is 0 Å². The SMILES string of the molecule is CCOC(=O)c1c(NC(=O)CN2CCC(C)CC2)sc(C(=O)NC)c1C. The fourth-order valence-electron chi connectivity index (χ4n) is 2.97. The van der Waals surface area contributed by atoms with Gasteiger partial charge in [0.15, 0.2) is 0 Å². The summed E-state index contributed by atoms with van der Waals surface area (Å²) in [7, 11) is 1.53. The molecule has 7 nitrogen and oxygen atoms in total. The van der Waals surface area contributed by atoms with Crippen molar-refractivity contribution in [2.24, 2.45) is 5.92 Å². The van der Waals surface area contributed by atoms with Crippen molar-refractivity contribution in [3.8, 4) is 0 Å². The minimum absolute atomic E-state index is 0.185. The number of anilines is 1. The van der Waals surface area contributed by atoms with Gasteiger partial charge in [-0.3, -0.25) is 14.5 Å². The molecule has 0 spiro atoms. The Bertz CT molecular complexity index is 678. The van der Waals surface area contributed by atoms with E-state index >= 15 is 0 Å². The second-order valence-corrected chi connectivity index (χ2v) is 7.59. The van der Waals surface area contributed by atoms with Gasteiger partial charge in [-0.25, -0.2) is 4.79 Å². The number of esters is 1. The number of thiophene rings is 1. The van der Waals surface area contributed by atoms with Crippen molar-refractivity contribution in [2.75, 3.05) is 38.6 Å². The number of amides is 2. The highest BCUT2D eigenvalue weighted by atomic mass is 32.1. The molecule has 0 saturated carbocycles. The van der Waals surface area contributed by atoms with Gasteiger partial charge in [0.2, 0.25) is 5.91 Å². The van der Waals surface area contributed by atoms with Gasteiger partial charge in [0.25, 0.3) is 5.91 Å². The Labute approximate surface area is 158 Å². The standard InChI is InChI=1S/C18H27N3O4S/c1-5-25-18(24)14-12(3)15(16(23)19-4)26-17(14)20-13(22)10-21-8-6-11(2)7-9-21/h11H,5-10H2,1-4H3,(H,19,23)(H,20,22). The summed E-state index contributed by atoms with van der Waals surface area (Å²) in [6, 6.07) is 0. The van der Waals surface area contributed by atoms with Crippen LogP contribution < -0.4 is 10.6 Å². The van der Waals surface area contributed by atoms with E-state index in [9.17, 15) is 14.4 Å². The molecular formula is C18H27N3O4S. The fourth-order valence-corrected chi connectivity index (χ4v) is 4.13. The number of piperidine rings is 1. The van der Waals surface area contributed by atoms with Crippen LogP contribution in [0.15, 0.2) is 0 Å². The van der Waals surface area contributed by atoms with Gasteiger partial charge in [-0.05, 0) is 51.3 Å². The minimum Gasteiger partial charge on any atom is -0.462 e. The quantitative estimate of drug-likeness (QED) is 0.738. The molecule has 0 atom stereocenters. The molecule has 2 heterocycles. The van der Waals surface area contributed by atoms with Crippen molar-refractivity contribution in [1.29, 1.82) is 0 Å². The second kappa shape index (κ2) is 9.14. The Morgan fingerprint density at radius 2 is 1.92 bits per heavy atom. The first-order chi connectivity index (χ1) is 12.4. The molecular weight excluding hydrogens is 354 g/mol. The highest BCUT2D eigenvalue weighted by molar-refractivity contribution is 7.18. The summed E-state index contributed by atoms with van der Waals surface area (Å²) in [6.07, 6.45) is 2.17. The van der Waals surface area contributed by atoms with Gasteiger partial charge in [0.05, 0.1) is 23.6 Å². The fraction of sp³-hybridized carbons (Fsp3) is 0.611. The third-order valence-electron chi connectivity index (χ3n) is 4.56. The molecule has 0 bridgehead atoms. The minimum atomic E-state index is -0.529. The summed E-state index contributed by atoms with van der Waals surface area (Å²) < 4.78 is 5.09. The average Bonchev–Trinajstić information content (AvgIpc) is 2.92.